The van der Waals surface area contributed by atoms with Crippen molar-refractivity contribution in [2.24, 2.45) is 5.73 Å². The second-order valence-corrected chi connectivity index (χ2v) is 5.16. The lowest BCUT2D eigenvalue weighted by Crippen LogP contribution is -2.36. The summed E-state index contributed by atoms with van der Waals surface area (Å²) in [4.78, 5) is 4.47. The Labute approximate surface area is 114 Å². The molecule has 1 heterocycles. The summed E-state index contributed by atoms with van der Waals surface area (Å²) in [7, 11) is 0. The summed E-state index contributed by atoms with van der Waals surface area (Å²) in [5.74, 6) is 1.13. The third kappa shape index (κ3) is 2.68. The molecule has 2 N–H and O–H groups in total. The fourth-order valence-electron chi connectivity index (χ4n) is 2.21. The molecule has 0 amide bonds. The van der Waals surface area contributed by atoms with Crippen LogP contribution in [0.25, 0.3) is 11.5 Å². The van der Waals surface area contributed by atoms with Gasteiger partial charge in [-0.3, -0.25) is 0 Å². The first kappa shape index (κ1) is 13.7. The van der Waals surface area contributed by atoms with E-state index >= 15 is 0 Å². The maximum Gasteiger partial charge on any atom is 0.258 e. The monoisotopic (exact) mass is 259 g/mol. The van der Waals surface area contributed by atoms with Crippen molar-refractivity contribution in [2.75, 3.05) is 0 Å². The molecule has 0 saturated heterocycles. The summed E-state index contributed by atoms with van der Waals surface area (Å²) in [5, 5.41) is 4.05. The Morgan fingerprint density at radius 3 is 2.21 bits per heavy atom. The first-order valence-electron chi connectivity index (χ1n) is 6.70. The minimum absolute atomic E-state index is 0.499. The van der Waals surface area contributed by atoms with E-state index in [1.165, 1.54) is 11.1 Å². The molecule has 0 radical (unpaired) electrons. The Morgan fingerprint density at radius 2 is 1.68 bits per heavy atom. The average molecular weight is 259 g/mol. The SMILES string of the molecule is CCC(N)(CC)c1noc(-c2cc(C)cc(C)c2)n1. The molecule has 0 aliphatic rings. The van der Waals surface area contributed by atoms with Crippen LogP contribution in [0.3, 0.4) is 0 Å². The van der Waals surface area contributed by atoms with Gasteiger partial charge in [0.2, 0.25) is 0 Å². The van der Waals surface area contributed by atoms with E-state index < -0.39 is 5.54 Å². The van der Waals surface area contributed by atoms with E-state index in [0.29, 0.717) is 11.7 Å². The van der Waals surface area contributed by atoms with E-state index in [1.54, 1.807) is 0 Å². The van der Waals surface area contributed by atoms with Crippen LogP contribution in [0.1, 0.15) is 43.6 Å². The Bertz CT molecular complexity index is 550. The number of nitrogens with zero attached hydrogens (tertiary/aromatic N) is 2. The smallest absolute Gasteiger partial charge is 0.258 e. The van der Waals surface area contributed by atoms with Gasteiger partial charge < -0.3 is 10.3 Å². The molecule has 0 atom stereocenters. The fourth-order valence-corrected chi connectivity index (χ4v) is 2.21. The molecule has 1 aromatic heterocycles. The lowest BCUT2D eigenvalue weighted by atomic mass is 9.93. The number of hydrogen-bond acceptors (Lipinski definition) is 4. The molecule has 0 unspecified atom stereocenters. The molecule has 0 fully saturated rings. The summed E-state index contributed by atoms with van der Waals surface area (Å²) in [6, 6.07) is 6.20. The van der Waals surface area contributed by atoms with Crippen molar-refractivity contribution in [3.05, 3.63) is 35.2 Å². The van der Waals surface area contributed by atoms with Gasteiger partial charge in [0.1, 0.15) is 0 Å². The van der Waals surface area contributed by atoms with E-state index in [4.69, 9.17) is 10.3 Å². The summed E-state index contributed by atoms with van der Waals surface area (Å²) in [6.45, 7) is 8.19. The summed E-state index contributed by atoms with van der Waals surface area (Å²) in [5.41, 5.74) is 9.10. The van der Waals surface area contributed by atoms with Crippen molar-refractivity contribution < 1.29 is 4.52 Å². The van der Waals surface area contributed by atoms with Crippen molar-refractivity contribution in [1.82, 2.24) is 10.1 Å². The van der Waals surface area contributed by atoms with Crippen molar-refractivity contribution in [3.8, 4) is 11.5 Å². The molecule has 0 saturated carbocycles. The van der Waals surface area contributed by atoms with Crippen LogP contribution in [-0.2, 0) is 5.54 Å². The fraction of sp³-hybridized carbons (Fsp3) is 0.467. The molecular weight excluding hydrogens is 238 g/mol. The third-order valence-electron chi connectivity index (χ3n) is 3.60. The van der Waals surface area contributed by atoms with Crippen LogP contribution in [-0.4, -0.2) is 10.1 Å². The molecular formula is C15H21N3O. The molecule has 0 bridgehead atoms. The third-order valence-corrected chi connectivity index (χ3v) is 3.60. The molecule has 19 heavy (non-hydrogen) atoms. The summed E-state index contributed by atoms with van der Waals surface area (Å²) >= 11 is 0. The van der Waals surface area contributed by atoms with Crippen LogP contribution in [0, 0.1) is 13.8 Å². The van der Waals surface area contributed by atoms with Crippen molar-refractivity contribution in [3.63, 3.8) is 0 Å². The lowest BCUT2D eigenvalue weighted by molar-refractivity contribution is 0.350. The zero-order valence-electron chi connectivity index (χ0n) is 12.0. The summed E-state index contributed by atoms with van der Waals surface area (Å²) in [6.07, 6.45) is 1.57. The maximum absolute atomic E-state index is 6.28. The number of aryl methyl sites for hydroxylation is 2. The van der Waals surface area contributed by atoms with Gasteiger partial charge in [-0.25, -0.2) is 0 Å². The second kappa shape index (κ2) is 5.13. The van der Waals surface area contributed by atoms with Gasteiger partial charge in [0.05, 0.1) is 5.54 Å². The van der Waals surface area contributed by atoms with Crippen LogP contribution >= 0.6 is 0 Å². The predicted octanol–water partition coefficient (Wildman–Crippen LogP) is 3.33. The van der Waals surface area contributed by atoms with Crippen molar-refractivity contribution in [2.45, 2.75) is 46.1 Å². The van der Waals surface area contributed by atoms with Crippen LogP contribution < -0.4 is 5.73 Å². The van der Waals surface area contributed by atoms with Gasteiger partial charge in [-0.15, -0.1) is 0 Å². The number of benzene rings is 1. The van der Waals surface area contributed by atoms with E-state index in [9.17, 15) is 0 Å². The first-order valence-corrected chi connectivity index (χ1v) is 6.70. The predicted molar refractivity (Wildman–Crippen MR) is 75.7 cm³/mol. The second-order valence-electron chi connectivity index (χ2n) is 5.16. The molecule has 2 rings (SSSR count). The normalized spacial score (nSPS) is 11.8. The largest absolute Gasteiger partial charge is 0.334 e. The Balaban J connectivity index is 2.40. The van der Waals surface area contributed by atoms with Gasteiger partial charge in [0, 0.05) is 5.56 Å². The van der Waals surface area contributed by atoms with Crippen LogP contribution in [0.2, 0.25) is 0 Å². The molecule has 4 nitrogen and oxygen atoms in total. The molecule has 0 aliphatic heterocycles. The highest BCUT2D eigenvalue weighted by Crippen LogP contribution is 2.26. The van der Waals surface area contributed by atoms with Crippen molar-refractivity contribution >= 4 is 0 Å². The number of nitrogens with two attached hydrogens (primary N) is 1. The average Bonchev–Trinajstić information content (AvgIpc) is 2.87. The van der Waals surface area contributed by atoms with Crippen LogP contribution in [0.5, 0.6) is 0 Å². The van der Waals surface area contributed by atoms with Gasteiger partial charge in [0.25, 0.3) is 5.89 Å². The molecule has 102 valence electrons. The molecule has 0 aliphatic carbocycles. The minimum Gasteiger partial charge on any atom is -0.334 e. The van der Waals surface area contributed by atoms with E-state index in [2.05, 4.69) is 30.1 Å². The van der Waals surface area contributed by atoms with Gasteiger partial charge >= 0.3 is 0 Å². The number of rotatable bonds is 4. The van der Waals surface area contributed by atoms with Gasteiger partial charge in [-0.05, 0) is 38.8 Å². The van der Waals surface area contributed by atoms with E-state index in [1.807, 2.05) is 26.0 Å². The Morgan fingerprint density at radius 1 is 1.11 bits per heavy atom. The van der Waals surface area contributed by atoms with Crippen LogP contribution in [0.15, 0.2) is 22.7 Å². The molecule has 0 spiro atoms. The van der Waals surface area contributed by atoms with E-state index in [-0.39, 0.29) is 0 Å². The Kier molecular flexibility index (Phi) is 3.71. The van der Waals surface area contributed by atoms with Gasteiger partial charge in [-0.2, -0.15) is 4.98 Å². The maximum atomic E-state index is 6.28. The first-order chi connectivity index (χ1) is 8.98. The quantitative estimate of drug-likeness (QED) is 0.914. The minimum atomic E-state index is -0.499. The van der Waals surface area contributed by atoms with Crippen LogP contribution in [0.4, 0.5) is 0 Å². The zero-order chi connectivity index (χ0) is 14.0. The van der Waals surface area contributed by atoms with Gasteiger partial charge in [-0.1, -0.05) is 36.2 Å². The molecule has 2 aromatic rings. The van der Waals surface area contributed by atoms with Gasteiger partial charge in [0.15, 0.2) is 5.82 Å². The summed E-state index contributed by atoms with van der Waals surface area (Å²) < 4.78 is 5.37. The number of aromatic nitrogens is 2. The number of hydrogen-bond donors (Lipinski definition) is 1. The zero-order valence-corrected chi connectivity index (χ0v) is 12.0. The standard InChI is InChI=1S/C15H21N3O/c1-5-15(16,6-2)14-17-13(19-18-14)12-8-10(3)7-11(4)9-12/h7-9H,5-6,16H2,1-4H3. The topological polar surface area (TPSA) is 64.9 Å². The molecule has 4 heteroatoms. The molecule has 1 aromatic carbocycles. The highest BCUT2D eigenvalue weighted by atomic mass is 16.5. The van der Waals surface area contributed by atoms with Crippen molar-refractivity contribution in [1.29, 1.82) is 0 Å². The lowest BCUT2D eigenvalue weighted by Gasteiger charge is -2.21. The highest BCUT2D eigenvalue weighted by molar-refractivity contribution is 5.55. The van der Waals surface area contributed by atoms with E-state index in [0.717, 1.165) is 18.4 Å². The Hall–Kier alpha value is -1.68. The highest BCUT2D eigenvalue weighted by Gasteiger charge is 2.29.